The molecule has 2 aromatic rings. The summed E-state index contributed by atoms with van der Waals surface area (Å²) in [7, 11) is 1.61. The summed E-state index contributed by atoms with van der Waals surface area (Å²) in [5.74, 6) is 1.82. The summed E-state index contributed by atoms with van der Waals surface area (Å²) >= 11 is 5.61. The fourth-order valence-corrected chi connectivity index (χ4v) is 1.52. The quantitative estimate of drug-likeness (QED) is 0.772. The lowest BCUT2D eigenvalue weighted by atomic mass is 10.1. The Labute approximate surface area is 98.2 Å². The second-order valence-corrected chi connectivity index (χ2v) is 3.62. The third-order valence-corrected chi connectivity index (χ3v) is 2.41. The summed E-state index contributed by atoms with van der Waals surface area (Å²) in [6.07, 6.45) is 0. The van der Waals surface area contributed by atoms with E-state index in [9.17, 15) is 0 Å². The number of aromatic nitrogens is 2. The van der Waals surface area contributed by atoms with Crippen molar-refractivity contribution in [2.75, 3.05) is 7.11 Å². The molecule has 0 aliphatic carbocycles. The van der Waals surface area contributed by atoms with Crippen LogP contribution in [0, 0.1) is 6.92 Å². The van der Waals surface area contributed by atoms with Gasteiger partial charge in [0.05, 0.1) is 12.7 Å². The Kier molecular flexibility index (Phi) is 3.10. The van der Waals surface area contributed by atoms with Gasteiger partial charge in [-0.25, -0.2) is 0 Å². The van der Waals surface area contributed by atoms with Crippen LogP contribution in [0.25, 0.3) is 11.4 Å². The number of hydrogen-bond donors (Lipinski definition) is 0. The molecule has 1 aromatic heterocycles. The minimum atomic E-state index is 0.209. The maximum atomic E-state index is 5.61. The molecular formula is C11H11ClN2O2. The first-order valence-electron chi connectivity index (χ1n) is 4.78. The Hall–Kier alpha value is -1.55. The van der Waals surface area contributed by atoms with Crippen LogP contribution in [0.5, 0.6) is 5.75 Å². The number of hydrogen-bond acceptors (Lipinski definition) is 4. The Bertz CT molecular complexity index is 496. The summed E-state index contributed by atoms with van der Waals surface area (Å²) in [5, 5.41) is 3.86. The highest BCUT2D eigenvalue weighted by Crippen LogP contribution is 2.28. The molecule has 0 spiro atoms. The fraction of sp³-hybridized carbons (Fsp3) is 0.273. The third-order valence-electron chi connectivity index (χ3n) is 2.18. The maximum absolute atomic E-state index is 5.61. The topological polar surface area (TPSA) is 48.2 Å². The zero-order valence-electron chi connectivity index (χ0n) is 9.03. The third kappa shape index (κ3) is 2.02. The summed E-state index contributed by atoms with van der Waals surface area (Å²) in [4.78, 5) is 4.16. The van der Waals surface area contributed by atoms with Gasteiger partial charge in [-0.05, 0) is 19.1 Å². The lowest BCUT2D eigenvalue weighted by Crippen LogP contribution is -1.90. The van der Waals surface area contributed by atoms with Gasteiger partial charge >= 0.3 is 0 Å². The number of ether oxygens (including phenoxy) is 1. The number of methoxy groups -OCH3 is 1. The van der Waals surface area contributed by atoms with Crippen LogP contribution in [0.15, 0.2) is 22.7 Å². The lowest BCUT2D eigenvalue weighted by molar-refractivity contribution is 0.389. The molecule has 1 heterocycles. The zero-order chi connectivity index (χ0) is 11.5. The molecule has 0 radical (unpaired) electrons. The first kappa shape index (κ1) is 11.0. The highest BCUT2D eigenvalue weighted by atomic mass is 35.5. The molecule has 0 unspecified atom stereocenters. The minimum absolute atomic E-state index is 0.209. The number of alkyl halides is 1. The van der Waals surface area contributed by atoms with Crippen molar-refractivity contribution in [3.05, 3.63) is 29.7 Å². The molecule has 84 valence electrons. The van der Waals surface area contributed by atoms with Crippen LogP contribution in [0.4, 0.5) is 0 Å². The molecule has 4 nitrogen and oxygen atoms in total. The first-order valence-corrected chi connectivity index (χ1v) is 5.31. The van der Waals surface area contributed by atoms with Crippen LogP contribution in [0.1, 0.15) is 11.5 Å². The van der Waals surface area contributed by atoms with Crippen molar-refractivity contribution in [3.8, 4) is 17.1 Å². The van der Waals surface area contributed by atoms with Crippen molar-refractivity contribution in [3.63, 3.8) is 0 Å². The molecule has 0 aliphatic heterocycles. The minimum Gasteiger partial charge on any atom is -0.496 e. The first-order chi connectivity index (χ1) is 7.74. The summed E-state index contributed by atoms with van der Waals surface area (Å²) in [6.45, 7) is 1.99. The van der Waals surface area contributed by atoms with Crippen LogP contribution >= 0.6 is 11.6 Å². The average molecular weight is 239 g/mol. The Balaban J connectivity index is 2.49. The summed E-state index contributed by atoms with van der Waals surface area (Å²) < 4.78 is 10.2. The maximum Gasteiger partial charge on any atom is 0.241 e. The van der Waals surface area contributed by atoms with Gasteiger partial charge in [-0.1, -0.05) is 16.8 Å². The molecule has 0 N–H and O–H groups in total. The highest BCUT2D eigenvalue weighted by molar-refractivity contribution is 6.16. The van der Waals surface area contributed by atoms with Crippen molar-refractivity contribution in [1.29, 1.82) is 0 Å². The van der Waals surface area contributed by atoms with Crippen LogP contribution < -0.4 is 4.74 Å². The van der Waals surface area contributed by atoms with Gasteiger partial charge in [0.15, 0.2) is 0 Å². The highest BCUT2D eigenvalue weighted by Gasteiger charge is 2.12. The van der Waals surface area contributed by atoms with Crippen molar-refractivity contribution in [1.82, 2.24) is 10.1 Å². The molecule has 0 bridgehead atoms. The molecule has 2 rings (SSSR count). The van der Waals surface area contributed by atoms with E-state index in [1.54, 1.807) is 7.11 Å². The number of benzene rings is 1. The van der Waals surface area contributed by atoms with Gasteiger partial charge in [0.25, 0.3) is 0 Å². The smallest absolute Gasteiger partial charge is 0.241 e. The average Bonchev–Trinajstić information content (AvgIpc) is 2.77. The normalized spacial score (nSPS) is 10.4. The van der Waals surface area contributed by atoms with E-state index in [1.807, 2.05) is 25.1 Å². The van der Waals surface area contributed by atoms with Crippen LogP contribution in [0.3, 0.4) is 0 Å². The van der Waals surface area contributed by atoms with E-state index in [2.05, 4.69) is 10.1 Å². The van der Waals surface area contributed by atoms with Gasteiger partial charge in [-0.3, -0.25) is 0 Å². The fourth-order valence-electron chi connectivity index (χ4n) is 1.42. The predicted octanol–water partition coefficient (Wildman–Crippen LogP) is 2.79. The SMILES string of the molecule is COc1ccc(C)cc1-c1noc(CCl)n1. The number of rotatable bonds is 3. The molecular weight excluding hydrogens is 228 g/mol. The van der Waals surface area contributed by atoms with E-state index in [1.165, 1.54) is 0 Å². The van der Waals surface area contributed by atoms with Gasteiger partial charge < -0.3 is 9.26 Å². The van der Waals surface area contributed by atoms with E-state index in [-0.39, 0.29) is 5.88 Å². The molecule has 0 aliphatic rings. The molecule has 0 fully saturated rings. The number of halogens is 1. The van der Waals surface area contributed by atoms with Crippen LogP contribution in [0.2, 0.25) is 0 Å². The summed E-state index contributed by atoms with van der Waals surface area (Å²) in [6, 6.07) is 5.79. The van der Waals surface area contributed by atoms with Crippen molar-refractivity contribution in [2.45, 2.75) is 12.8 Å². The van der Waals surface area contributed by atoms with E-state index in [4.69, 9.17) is 20.9 Å². The molecule has 0 saturated carbocycles. The predicted molar refractivity (Wildman–Crippen MR) is 60.6 cm³/mol. The van der Waals surface area contributed by atoms with Crippen LogP contribution in [-0.4, -0.2) is 17.3 Å². The van der Waals surface area contributed by atoms with Gasteiger partial charge in [0.2, 0.25) is 11.7 Å². The molecule has 1 aromatic carbocycles. The molecule has 16 heavy (non-hydrogen) atoms. The van der Waals surface area contributed by atoms with Gasteiger partial charge in [0, 0.05) is 0 Å². The number of aryl methyl sites for hydroxylation is 1. The van der Waals surface area contributed by atoms with Gasteiger partial charge in [-0.2, -0.15) is 4.98 Å². The summed E-state index contributed by atoms with van der Waals surface area (Å²) in [5.41, 5.74) is 1.91. The Morgan fingerprint density at radius 1 is 1.44 bits per heavy atom. The molecule has 0 saturated heterocycles. The largest absolute Gasteiger partial charge is 0.496 e. The van der Waals surface area contributed by atoms with Gasteiger partial charge in [0.1, 0.15) is 11.6 Å². The van der Waals surface area contributed by atoms with Crippen molar-refractivity contribution < 1.29 is 9.26 Å². The Morgan fingerprint density at radius 2 is 2.25 bits per heavy atom. The van der Waals surface area contributed by atoms with Crippen LogP contribution in [-0.2, 0) is 5.88 Å². The zero-order valence-corrected chi connectivity index (χ0v) is 9.78. The monoisotopic (exact) mass is 238 g/mol. The lowest BCUT2D eigenvalue weighted by Gasteiger charge is -2.05. The standard InChI is InChI=1S/C11H11ClN2O2/c1-7-3-4-9(15-2)8(5-7)11-13-10(6-12)16-14-11/h3-5H,6H2,1-2H3. The van der Waals surface area contributed by atoms with Crippen molar-refractivity contribution in [2.24, 2.45) is 0 Å². The molecule has 5 heteroatoms. The van der Waals surface area contributed by atoms with Crippen molar-refractivity contribution >= 4 is 11.6 Å². The number of nitrogens with zero attached hydrogens (tertiary/aromatic N) is 2. The van der Waals surface area contributed by atoms with E-state index >= 15 is 0 Å². The molecule has 0 atom stereocenters. The second-order valence-electron chi connectivity index (χ2n) is 3.35. The van der Waals surface area contributed by atoms with E-state index < -0.39 is 0 Å². The van der Waals surface area contributed by atoms with Gasteiger partial charge in [-0.15, -0.1) is 11.6 Å². The van der Waals surface area contributed by atoms with E-state index in [0.29, 0.717) is 17.5 Å². The molecule has 0 amide bonds. The van der Waals surface area contributed by atoms with E-state index in [0.717, 1.165) is 11.1 Å². The Morgan fingerprint density at radius 3 is 2.88 bits per heavy atom. The second kappa shape index (κ2) is 4.53.